The largest absolute Gasteiger partial charge is 0.416 e. The van der Waals surface area contributed by atoms with Crippen LogP contribution in [-0.2, 0) is 6.18 Å². The van der Waals surface area contributed by atoms with E-state index in [2.05, 4.69) is 15.9 Å². The maximum atomic E-state index is 13.8. The van der Waals surface area contributed by atoms with Crippen LogP contribution >= 0.6 is 15.9 Å². The van der Waals surface area contributed by atoms with Crippen LogP contribution < -0.4 is 0 Å². The van der Waals surface area contributed by atoms with Crippen LogP contribution in [-0.4, -0.2) is 5.11 Å². The van der Waals surface area contributed by atoms with Crippen LogP contribution in [0.2, 0.25) is 0 Å². The van der Waals surface area contributed by atoms with Crippen LogP contribution in [0, 0.1) is 12.7 Å². The standard InChI is InChI=1S/C15H11BrF4O/c1-8-7-9(15(18,19)20)5-6-10(8)14(21)13-11(16)3-2-4-12(13)17/h2-7,14,21H,1H3. The predicted octanol–water partition coefficient (Wildman–Crippen LogP) is 5.00. The second-order valence-electron chi connectivity index (χ2n) is 4.61. The highest BCUT2D eigenvalue weighted by Gasteiger charge is 2.31. The van der Waals surface area contributed by atoms with E-state index in [1.807, 2.05) is 0 Å². The third-order valence-electron chi connectivity index (χ3n) is 3.16. The topological polar surface area (TPSA) is 20.2 Å². The fourth-order valence-electron chi connectivity index (χ4n) is 2.09. The molecule has 0 aliphatic heterocycles. The van der Waals surface area contributed by atoms with Crippen molar-refractivity contribution in [2.45, 2.75) is 19.2 Å². The second kappa shape index (κ2) is 5.77. The fourth-order valence-corrected chi connectivity index (χ4v) is 2.65. The highest BCUT2D eigenvalue weighted by molar-refractivity contribution is 9.10. The third-order valence-corrected chi connectivity index (χ3v) is 3.86. The molecule has 0 amide bonds. The zero-order valence-electron chi connectivity index (χ0n) is 10.9. The summed E-state index contributed by atoms with van der Waals surface area (Å²) >= 11 is 3.14. The van der Waals surface area contributed by atoms with Gasteiger partial charge in [0.2, 0.25) is 0 Å². The minimum Gasteiger partial charge on any atom is -0.383 e. The number of aliphatic hydroxyl groups excluding tert-OH is 1. The Morgan fingerprint density at radius 2 is 1.81 bits per heavy atom. The van der Waals surface area contributed by atoms with Gasteiger partial charge in [0.05, 0.1) is 5.56 Å². The molecule has 0 aliphatic rings. The first-order valence-corrected chi connectivity index (χ1v) is 6.81. The molecule has 0 saturated heterocycles. The Morgan fingerprint density at radius 3 is 2.33 bits per heavy atom. The van der Waals surface area contributed by atoms with Gasteiger partial charge in [0.15, 0.2) is 0 Å². The van der Waals surface area contributed by atoms with E-state index in [0.717, 1.165) is 12.1 Å². The van der Waals surface area contributed by atoms with Gasteiger partial charge < -0.3 is 5.11 Å². The number of benzene rings is 2. The Balaban J connectivity index is 2.47. The molecule has 0 saturated carbocycles. The Labute approximate surface area is 127 Å². The molecule has 0 aliphatic carbocycles. The molecule has 0 spiro atoms. The average molecular weight is 363 g/mol. The molecule has 21 heavy (non-hydrogen) atoms. The van der Waals surface area contributed by atoms with Crippen LogP contribution in [0.15, 0.2) is 40.9 Å². The van der Waals surface area contributed by atoms with E-state index in [0.29, 0.717) is 4.47 Å². The highest BCUT2D eigenvalue weighted by atomic mass is 79.9. The Hall–Kier alpha value is -1.40. The molecular formula is C15H11BrF4O. The van der Waals surface area contributed by atoms with E-state index >= 15 is 0 Å². The monoisotopic (exact) mass is 362 g/mol. The van der Waals surface area contributed by atoms with Crippen molar-refractivity contribution in [3.63, 3.8) is 0 Å². The first-order chi connectivity index (χ1) is 9.71. The number of aliphatic hydroxyl groups is 1. The van der Waals surface area contributed by atoms with Gasteiger partial charge in [-0.05, 0) is 42.3 Å². The number of halogens is 5. The molecule has 0 aromatic heterocycles. The molecule has 2 aromatic carbocycles. The molecule has 1 nitrogen and oxygen atoms in total. The summed E-state index contributed by atoms with van der Waals surface area (Å²) in [6.07, 6.45) is -5.80. The van der Waals surface area contributed by atoms with Gasteiger partial charge in [-0.15, -0.1) is 0 Å². The van der Waals surface area contributed by atoms with E-state index in [-0.39, 0.29) is 16.7 Å². The lowest BCUT2D eigenvalue weighted by molar-refractivity contribution is -0.137. The van der Waals surface area contributed by atoms with Crippen molar-refractivity contribution in [2.24, 2.45) is 0 Å². The zero-order chi connectivity index (χ0) is 15.8. The molecule has 1 unspecified atom stereocenters. The first kappa shape index (κ1) is 16.0. The van der Waals surface area contributed by atoms with Gasteiger partial charge >= 0.3 is 6.18 Å². The van der Waals surface area contributed by atoms with Gasteiger partial charge in [-0.25, -0.2) is 4.39 Å². The van der Waals surface area contributed by atoms with E-state index < -0.39 is 23.7 Å². The average Bonchev–Trinajstić information content (AvgIpc) is 2.37. The molecule has 6 heteroatoms. The molecular weight excluding hydrogens is 352 g/mol. The summed E-state index contributed by atoms with van der Waals surface area (Å²) < 4.78 is 52.0. The van der Waals surface area contributed by atoms with Crippen molar-refractivity contribution in [3.05, 3.63) is 68.9 Å². The lowest BCUT2D eigenvalue weighted by Gasteiger charge is -2.18. The molecule has 112 valence electrons. The second-order valence-corrected chi connectivity index (χ2v) is 5.46. The van der Waals surface area contributed by atoms with Crippen molar-refractivity contribution >= 4 is 15.9 Å². The molecule has 2 aromatic rings. The van der Waals surface area contributed by atoms with Gasteiger partial charge in [-0.1, -0.05) is 28.1 Å². The van der Waals surface area contributed by atoms with Gasteiger partial charge in [0, 0.05) is 10.0 Å². The SMILES string of the molecule is Cc1cc(C(F)(F)F)ccc1C(O)c1c(F)cccc1Br. The summed E-state index contributed by atoms with van der Waals surface area (Å²) in [4.78, 5) is 0. The minimum absolute atomic E-state index is 0.000332. The third kappa shape index (κ3) is 3.27. The van der Waals surface area contributed by atoms with E-state index in [9.17, 15) is 22.7 Å². The number of hydrogen-bond donors (Lipinski definition) is 1. The Morgan fingerprint density at radius 1 is 1.14 bits per heavy atom. The molecule has 2 rings (SSSR count). The lowest BCUT2D eigenvalue weighted by atomic mass is 9.95. The Bertz CT molecular complexity index is 647. The van der Waals surface area contributed by atoms with Gasteiger partial charge in [-0.3, -0.25) is 0 Å². The van der Waals surface area contributed by atoms with Crippen LogP contribution in [0.1, 0.15) is 28.4 Å². The highest BCUT2D eigenvalue weighted by Crippen LogP contribution is 2.35. The fraction of sp³-hybridized carbons (Fsp3) is 0.200. The summed E-state index contributed by atoms with van der Waals surface area (Å²) in [5.74, 6) is -0.629. The summed E-state index contributed by atoms with van der Waals surface area (Å²) in [6.45, 7) is 1.45. The number of rotatable bonds is 2. The van der Waals surface area contributed by atoms with Gasteiger partial charge in [-0.2, -0.15) is 13.2 Å². The number of alkyl halides is 3. The molecule has 0 bridgehead atoms. The molecule has 1 atom stereocenters. The number of aryl methyl sites for hydroxylation is 1. The lowest BCUT2D eigenvalue weighted by Crippen LogP contribution is -2.09. The van der Waals surface area contributed by atoms with Crippen LogP contribution in [0.4, 0.5) is 17.6 Å². The molecule has 0 heterocycles. The van der Waals surface area contributed by atoms with Crippen molar-refractivity contribution in [3.8, 4) is 0 Å². The van der Waals surface area contributed by atoms with Gasteiger partial charge in [0.25, 0.3) is 0 Å². The van der Waals surface area contributed by atoms with Gasteiger partial charge in [0.1, 0.15) is 11.9 Å². The summed E-state index contributed by atoms with van der Waals surface area (Å²) in [5.41, 5.74) is -0.329. The zero-order valence-corrected chi connectivity index (χ0v) is 12.5. The summed E-state index contributed by atoms with van der Waals surface area (Å²) in [5, 5.41) is 10.3. The molecule has 1 N–H and O–H groups in total. The van der Waals surface area contributed by atoms with Crippen molar-refractivity contribution in [2.75, 3.05) is 0 Å². The summed E-state index contributed by atoms with van der Waals surface area (Å²) in [6, 6.07) is 7.19. The molecule has 0 radical (unpaired) electrons. The van der Waals surface area contributed by atoms with E-state index in [4.69, 9.17) is 0 Å². The van der Waals surface area contributed by atoms with E-state index in [1.54, 1.807) is 6.07 Å². The maximum absolute atomic E-state index is 13.8. The van der Waals surface area contributed by atoms with Crippen molar-refractivity contribution < 1.29 is 22.7 Å². The van der Waals surface area contributed by atoms with Crippen LogP contribution in [0.3, 0.4) is 0 Å². The molecule has 0 fully saturated rings. The van der Waals surface area contributed by atoms with Crippen molar-refractivity contribution in [1.82, 2.24) is 0 Å². The first-order valence-electron chi connectivity index (χ1n) is 6.01. The normalized spacial score (nSPS) is 13.3. The summed E-state index contributed by atoms with van der Waals surface area (Å²) in [7, 11) is 0. The van der Waals surface area contributed by atoms with E-state index in [1.165, 1.54) is 25.1 Å². The predicted molar refractivity (Wildman–Crippen MR) is 74.3 cm³/mol. The quantitative estimate of drug-likeness (QED) is 0.745. The van der Waals surface area contributed by atoms with Crippen molar-refractivity contribution in [1.29, 1.82) is 0 Å². The smallest absolute Gasteiger partial charge is 0.383 e. The van der Waals surface area contributed by atoms with Crippen LogP contribution in [0.25, 0.3) is 0 Å². The van der Waals surface area contributed by atoms with Crippen LogP contribution in [0.5, 0.6) is 0 Å². The maximum Gasteiger partial charge on any atom is 0.416 e. The minimum atomic E-state index is -4.45. The number of hydrogen-bond acceptors (Lipinski definition) is 1. The Kier molecular flexibility index (Phi) is 4.39.